The van der Waals surface area contributed by atoms with Gasteiger partial charge in [0.05, 0.1) is 6.04 Å². The van der Waals surface area contributed by atoms with E-state index in [4.69, 9.17) is 14.2 Å². The number of rotatable bonds is 15. The molecule has 216 valence electrons. The van der Waals surface area contributed by atoms with E-state index in [1.807, 2.05) is 60.7 Å². The highest BCUT2D eigenvalue weighted by molar-refractivity contribution is 6.03. The molecule has 0 bridgehead atoms. The zero-order valence-electron chi connectivity index (χ0n) is 23.5. The van der Waals surface area contributed by atoms with Gasteiger partial charge < -0.3 is 24.8 Å². The van der Waals surface area contributed by atoms with Crippen LogP contribution < -0.4 is 10.6 Å². The van der Waals surface area contributed by atoms with E-state index in [0.29, 0.717) is 19.4 Å². The Bertz CT molecular complexity index is 1100. The molecule has 0 fully saturated rings. The summed E-state index contributed by atoms with van der Waals surface area (Å²) in [5.41, 5.74) is 0.892. The number of hydrogen-bond acceptors (Lipinski definition) is 7. The van der Waals surface area contributed by atoms with Crippen molar-refractivity contribution in [2.24, 2.45) is 5.92 Å². The van der Waals surface area contributed by atoms with Crippen LogP contribution >= 0.6 is 0 Å². The van der Waals surface area contributed by atoms with Crippen LogP contribution in [-0.2, 0) is 36.8 Å². The topological polar surface area (TPSA) is 120 Å². The normalized spacial score (nSPS) is 12.4. The summed E-state index contributed by atoms with van der Waals surface area (Å²) in [4.78, 5) is 51.1. The molecule has 2 amide bonds. The molecule has 2 rings (SSSR count). The lowest BCUT2D eigenvalue weighted by Gasteiger charge is -2.25. The Morgan fingerprint density at radius 1 is 0.875 bits per heavy atom. The molecule has 1 unspecified atom stereocenters. The van der Waals surface area contributed by atoms with Crippen molar-refractivity contribution >= 4 is 23.9 Å². The van der Waals surface area contributed by atoms with E-state index < -0.39 is 41.5 Å². The largest absolute Gasteiger partial charge is 0.461 e. The minimum absolute atomic E-state index is 0.0341. The summed E-state index contributed by atoms with van der Waals surface area (Å²) in [5.74, 6) is -2.29. The number of amides is 2. The third-order valence-electron chi connectivity index (χ3n) is 5.69. The first-order chi connectivity index (χ1) is 19.1. The van der Waals surface area contributed by atoms with Crippen molar-refractivity contribution < 1.29 is 33.4 Å². The van der Waals surface area contributed by atoms with Crippen LogP contribution in [0.25, 0.3) is 0 Å². The number of carbonyl (C=O) groups is 4. The number of unbranched alkanes of at least 4 members (excludes halogenated alkanes) is 1. The highest BCUT2D eigenvalue weighted by atomic mass is 16.6. The number of alkyl carbamates (subject to hydrolysis) is 2. The van der Waals surface area contributed by atoms with Gasteiger partial charge in [0, 0.05) is 6.54 Å². The summed E-state index contributed by atoms with van der Waals surface area (Å²) < 4.78 is 15.8. The Kier molecular flexibility index (Phi) is 13.4. The van der Waals surface area contributed by atoms with Gasteiger partial charge in [-0.05, 0) is 57.6 Å². The van der Waals surface area contributed by atoms with Gasteiger partial charge in [0.15, 0.2) is 5.78 Å². The summed E-state index contributed by atoms with van der Waals surface area (Å²) in [6, 6.07) is 17.5. The number of hydrogen-bond donors (Lipinski definition) is 2. The van der Waals surface area contributed by atoms with Gasteiger partial charge in [-0.1, -0.05) is 73.3 Å². The highest BCUT2D eigenvalue weighted by Crippen LogP contribution is 2.17. The quantitative estimate of drug-likeness (QED) is 0.103. The van der Waals surface area contributed by atoms with Gasteiger partial charge in [-0.2, -0.15) is 0 Å². The molecular formula is C31H40N2O7. The van der Waals surface area contributed by atoms with Gasteiger partial charge in [0.25, 0.3) is 0 Å². The summed E-state index contributed by atoms with van der Waals surface area (Å²) in [5, 5.41) is 5.32. The van der Waals surface area contributed by atoms with Crippen LogP contribution in [0.2, 0.25) is 0 Å². The second-order valence-electron chi connectivity index (χ2n) is 10.2. The molecule has 0 aromatic heterocycles. The van der Waals surface area contributed by atoms with E-state index in [2.05, 4.69) is 17.2 Å². The SMILES string of the molecule is C=CCOC(=O)C(Cc1ccccc1)C(=O)[C@H](CCCCNC(=O)OCc1ccccc1)NC(=O)OC(C)(C)C. The van der Waals surface area contributed by atoms with E-state index >= 15 is 0 Å². The zero-order chi connectivity index (χ0) is 29.4. The molecule has 9 nitrogen and oxygen atoms in total. The number of ketones is 1. The number of esters is 1. The maximum atomic E-state index is 13.7. The second-order valence-corrected chi connectivity index (χ2v) is 10.2. The first-order valence-corrected chi connectivity index (χ1v) is 13.4. The van der Waals surface area contributed by atoms with E-state index in [9.17, 15) is 19.2 Å². The Hall–Kier alpha value is -4.14. The van der Waals surface area contributed by atoms with Gasteiger partial charge in [0.1, 0.15) is 24.7 Å². The Balaban J connectivity index is 2.01. The monoisotopic (exact) mass is 552 g/mol. The minimum atomic E-state index is -1.13. The summed E-state index contributed by atoms with van der Waals surface area (Å²) in [6.07, 6.45) is 1.48. The van der Waals surface area contributed by atoms with Crippen LogP contribution in [0.15, 0.2) is 73.3 Å². The maximum absolute atomic E-state index is 13.7. The minimum Gasteiger partial charge on any atom is -0.461 e. The first kappa shape index (κ1) is 32.1. The Labute approximate surface area is 236 Å². The highest BCUT2D eigenvalue weighted by Gasteiger charge is 2.35. The predicted octanol–water partition coefficient (Wildman–Crippen LogP) is 5.13. The molecule has 0 heterocycles. The molecule has 0 radical (unpaired) electrons. The van der Waals surface area contributed by atoms with Crippen LogP contribution in [-0.4, -0.2) is 48.7 Å². The average Bonchev–Trinajstić information content (AvgIpc) is 2.92. The van der Waals surface area contributed by atoms with Crippen LogP contribution in [0, 0.1) is 5.92 Å². The molecule has 2 atom stereocenters. The smallest absolute Gasteiger partial charge is 0.408 e. The van der Waals surface area contributed by atoms with E-state index in [0.717, 1.165) is 11.1 Å². The molecule has 0 aliphatic rings. The molecule has 2 aromatic carbocycles. The number of carbonyl (C=O) groups excluding carboxylic acids is 4. The van der Waals surface area contributed by atoms with Crippen LogP contribution in [0.1, 0.15) is 51.2 Å². The fraction of sp³-hybridized carbons (Fsp3) is 0.419. The number of ether oxygens (including phenoxy) is 3. The number of Topliss-reactive ketones (excluding diaryl/α,β-unsaturated/α-hetero) is 1. The van der Waals surface area contributed by atoms with Crippen LogP contribution in [0.5, 0.6) is 0 Å². The molecule has 0 aliphatic heterocycles. The fourth-order valence-corrected chi connectivity index (χ4v) is 3.81. The van der Waals surface area contributed by atoms with Crippen molar-refractivity contribution in [1.82, 2.24) is 10.6 Å². The van der Waals surface area contributed by atoms with Gasteiger partial charge in [0.2, 0.25) is 0 Å². The van der Waals surface area contributed by atoms with Gasteiger partial charge in [-0.15, -0.1) is 0 Å². The molecule has 9 heteroatoms. The van der Waals surface area contributed by atoms with Crippen molar-refractivity contribution in [3.8, 4) is 0 Å². The summed E-state index contributed by atoms with van der Waals surface area (Å²) in [6.45, 7) is 9.15. The molecule has 0 spiro atoms. The van der Waals surface area contributed by atoms with Gasteiger partial charge >= 0.3 is 18.2 Å². The number of nitrogens with one attached hydrogen (secondary N) is 2. The first-order valence-electron chi connectivity index (χ1n) is 13.4. The average molecular weight is 553 g/mol. The van der Waals surface area contributed by atoms with Crippen molar-refractivity contribution in [2.75, 3.05) is 13.2 Å². The van der Waals surface area contributed by atoms with Crippen LogP contribution in [0.4, 0.5) is 9.59 Å². The Morgan fingerprint density at radius 3 is 2.10 bits per heavy atom. The molecule has 2 aromatic rings. The van der Waals surface area contributed by atoms with Gasteiger partial charge in [-0.25, -0.2) is 9.59 Å². The van der Waals surface area contributed by atoms with E-state index in [1.54, 1.807) is 20.8 Å². The lowest BCUT2D eigenvalue weighted by Crippen LogP contribution is -2.47. The fourth-order valence-electron chi connectivity index (χ4n) is 3.81. The van der Waals surface area contributed by atoms with Crippen molar-refractivity contribution in [1.29, 1.82) is 0 Å². The van der Waals surface area contributed by atoms with Crippen molar-refractivity contribution in [3.63, 3.8) is 0 Å². The third kappa shape index (κ3) is 12.6. The molecular weight excluding hydrogens is 512 g/mol. The lowest BCUT2D eigenvalue weighted by molar-refractivity contribution is -0.151. The second kappa shape index (κ2) is 16.7. The lowest BCUT2D eigenvalue weighted by atomic mass is 9.89. The Morgan fingerprint density at radius 2 is 1.50 bits per heavy atom. The zero-order valence-corrected chi connectivity index (χ0v) is 23.5. The third-order valence-corrected chi connectivity index (χ3v) is 5.69. The van der Waals surface area contributed by atoms with E-state index in [-0.39, 0.29) is 26.1 Å². The molecule has 0 saturated carbocycles. The summed E-state index contributed by atoms with van der Waals surface area (Å²) >= 11 is 0. The van der Waals surface area contributed by atoms with Crippen molar-refractivity contribution in [3.05, 3.63) is 84.4 Å². The maximum Gasteiger partial charge on any atom is 0.408 e. The number of benzene rings is 2. The van der Waals surface area contributed by atoms with Gasteiger partial charge in [-0.3, -0.25) is 9.59 Å². The predicted molar refractivity (Wildman–Crippen MR) is 151 cm³/mol. The van der Waals surface area contributed by atoms with Crippen LogP contribution in [0.3, 0.4) is 0 Å². The molecule has 2 N–H and O–H groups in total. The summed E-state index contributed by atoms with van der Waals surface area (Å²) in [7, 11) is 0. The van der Waals surface area contributed by atoms with E-state index in [1.165, 1.54) is 6.08 Å². The molecule has 0 aliphatic carbocycles. The molecule has 40 heavy (non-hydrogen) atoms. The standard InChI is InChI=1S/C31H40N2O7/c1-5-20-38-28(35)25(21-23-14-8-6-9-15-23)27(34)26(33-30(37)40-31(2,3)4)18-12-13-19-32-29(36)39-22-24-16-10-7-11-17-24/h5-11,14-17,25-26H,1,12-13,18-22H2,2-4H3,(H,32,36)(H,33,37)/t25?,26-/m0/s1. The molecule has 0 saturated heterocycles. The van der Waals surface area contributed by atoms with Crippen molar-refractivity contribution in [2.45, 2.75) is 64.7 Å².